The molecule has 0 fully saturated rings. The summed E-state index contributed by atoms with van der Waals surface area (Å²) in [6.07, 6.45) is 0. The summed E-state index contributed by atoms with van der Waals surface area (Å²) in [5.41, 5.74) is 1.08. The monoisotopic (exact) mass is 261 g/mol. The van der Waals surface area contributed by atoms with Crippen LogP contribution in [-0.2, 0) is 0 Å². The van der Waals surface area contributed by atoms with Crippen LogP contribution >= 0.6 is 34.8 Å². The number of carbonyl (C=O) groups is 1. The summed E-state index contributed by atoms with van der Waals surface area (Å²) < 4.78 is 0. The number of ketones is 1. The molecule has 0 unspecified atom stereocenters. The molecule has 0 bridgehead atoms. The van der Waals surface area contributed by atoms with Gasteiger partial charge in [-0.15, -0.1) is 0 Å². The summed E-state index contributed by atoms with van der Waals surface area (Å²) in [5.74, 6) is -0.129. The van der Waals surface area contributed by atoms with Crippen LogP contribution in [0.3, 0.4) is 0 Å². The third-order valence-electron chi connectivity index (χ3n) is 2.12. The molecule has 0 spiro atoms. The molecule has 78 valence electrons. The first kappa shape index (κ1) is 10.8. The maximum Gasteiger partial charge on any atom is 0.163 e. The van der Waals surface area contributed by atoms with E-state index in [-0.39, 0.29) is 5.78 Å². The zero-order valence-electron chi connectivity index (χ0n) is 7.70. The number of fused-ring (bicyclic) bond motifs is 1. The van der Waals surface area contributed by atoms with Crippen LogP contribution in [-0.4, -0.2) is 10.8 Å². The Kier molecular flexibility index (Phi) is 2.67. The fourth-order valence-electron chi connectivity index (χ4n) is 1.55. The molecular weight excluding hydrogens is 256 g/mol. The van der Waals surface area contributed by atoms with E-state index in [0.29, 0.717) is 31.7 Å². The second kappa shape index (κ2) is 3.71. The van der Waals surface area contributed by atoms with Gasteiger partial charge in [-0.25, -0.2) is 0 Å². The molecule has 15 heavy (non-hydrogen) atoms. The number of carbonyl (C=O) groups excluding carboxylic acids is 1. The fraction of sp³-hybridized carbons (Fsp3) is 0.100. The lowest BCUT2D eigenvalue weighted by Crippen LogP contribution is -1.90. The van der Waals surface area contributed by atoms with Gasteiger partial charge in [-0.05, 0) is 19.1 Å². The first-order valence-electron chi connectivity index (χ1n) is 4.18. The van der Waals surface area contributed by atoms with Crippen LogP contribution in [0, 0.1) is 0 Å². The van der Waals surface area contributed by atoms with E-state index in [4.69, 9.17) is 34.8 Å². The second-order valence-electron chi connectivity index (χ2n) is 3.18. The largest absolute Gasteiger partial charge is 0.345 e. The SMILES string of the molecule is CC(=O)c1c(Cl)[nH]c2cc(Cl)cc(Cl)c12. The summed E-state index contributed by atoms with van der Waals surface area (Å²) in [4.78, 5) is 14.2. The highest BCUT2D eigenvalue weighted by Crippen LogP contribution is 2.34. The molecule has 0 atom stereocenters. The number of hydrogen-bond donors (Lipinski definition) is 1. The van der Waals surface area contributed by atoms with E-state index in [2.05, 4.69) is 4.98 Å². The van der Waals surface area contributed by atoms with Crippen molar-refractivity contribution in [3.05, 3.63) is 32.9 Å². The van der Waals surface area contributed by atoms with Gasteiger partial charge in [-0.3, -0.25) is 4.79 Å². The zero-order chi connectivity index (χ0) is 11.2. The summed E-state index contributed by atoms with van der Waals surface area (Å²) in [6.45, 7) is 1.44. The molecule has 0 saturated carbocycles. The van der Waals surface area contributed by atoms with Crippen molar-refractivity contribution in [3.63, 3.8) is 0 Å². The van der Waals surface area contributed by atoms with E-state index in [1.165, 1.54) is 6.92 Å². The number of H-pyrrole nitrogens is 1. The number of benzene rings is 1. The minimum absolute atomic E-state index is 0.129. The summed E-state index contributed by atoms with van der Waals surface area (Å²) in [5, 5.41) is 1.84. The molecule has 5 heteroatoms. The lowest BCUT2D eigenvalue weighted by Gasteiger charge is -1.98. The van der Waals surface area contributed by atoms with Gasteiger partial charge in [0.15, 0.2) is 5.78 Å². The van der Waals surface area contributed by atoms with Crippen molar-refractivity contribution in [2.24, 2.45) is 0 Å². The van der Waals surface area contributed by atoms with E-state index in [9.17, 15) is 4.79 Å². The molecule has 1 heterocycles. The van der Waals surface area contributed by atoms with Crippen molar-refractivity contribution in [2.75, 3.05) is 0 Å². The maximum absolute atomic E-state index is 11.4. The maximum atomic E-state index is 11.4. The first-order chi connectivity index (χ1) is 7.00. The van der Waals surface area contributed by atoms with E-state index in [1.807, 2.05) is 0 Å². The van der Waals surface area contributed by atoms with Crippen molar-refractivity contribution in [3.8, 4) is 0 Å². The van der Waals surface area contributed by atoms with Crippen molar-refractivity contribution < 1.29 is 4.79 Å². The Morgan fingerprint density at radius 2 is 1.93 bits per heavy atom. The quantitative estimate of drug-likeness (QED) is 0.762. The highest BCUT2D eigenvalue weighted by molar-refractivity contribution is 6.42. The molecule has 1 aromatic heterocycles. The van der Waals surface area contributed by atoms with Crippen molar-refractivity contribution in [1.82, 2.24) is 4.98 Å². The number of nitrogens with one attached hydrogen (secondary N) is 1. The minimum atomic E-state index is -0.129. The number of rotatable bonds is 1. The Morgan fingerprint density at radius 1 is 1.27 bits per heavy atom. The number of aromatic amines is 1. The predicted octanol–water partition coefficient (Wildman–Crippen LogP) is 4.33. The topological polar surface area (TPSA) is 32.9 Å². The van der Waals surface area contributed by atoms with Crippen molar-refractivity contribution >= 4 is 51.5 Å². The van der Waals surface area contributed by atoms with Crippen LogP contribution < -0.4 is 0 Å². The Hall–Kier alpha value is -0.700. The van der Waals surface area contributed by atoms with Gasteiger partial charge < -0.3 is 4.98 Å². The van der Waals surface area contributed by atoms with Gasteiger partial charge in [0.25, 0.3) is 0 Å². The van der Waals surface area contributed by atoms with Crippen molar-refractivity contribution in [2.45, 2.75) is 6.92 Å². The second-order valence-corrected chi connectivity index (χ2v) is 4.40. The third kappa shape index (κ3) is 1.73. The molecular formula is C10H6Cl3NO. The molecule has 1 N–H and O–H groups in total. The van der Waals surface area contributed by atoms with Gasteiger partial charge in [0, 0.05) is 10.4 Å². The summed E-state index contributed by atoms with van der Waals surface area (Å²) in [6, 6.07) is 3.27. The van der Waals surface area contributed by atoms with Crippen LogP contribution in [0.5, 0.6) is 0 Å². The van der Waals surface area contributed by atoms with Crippen LogP contribution in [0.2, 0.25) is 15.2 Å². The Labute approximate surface area is 101 Å². The zero-order valence-corrected chi connectivity index (χ0v) is 9.96. The molecule has 0 aliphatic rings. The highest BCUT2D eigenvalue weighted by Gasteiger charge is 2.16. The van der Waals surface area contributed by atoms with Crippen LogP contribution in [0.4, 0.5) is 0 Å². The molecule has 0 amide bonds. The Balaban J connectivity index is 2.93. The van der Waals surface area contributed by atoms with Crippen LogP contribution in [0.25, 0.3) is 10.9 Å². The third-order valence-corrected chi connectivity index (χ3v) is 2.92. The predicted molar refractivity (Wildman–Crippen MR) is 63.3 cm³/mol. The van der Waals surface area contributed by atoms with Gasteiger partial charge in [0.2, 0.25) is 0 Å². The number of Topliss-reactive ketones (excluding diaryl/α,β-unsaturated/α-hetero) is 1. The Morgan fingerprint density at radius 3 is 2.53 bits per heavy atom. The van der Waals surface area contributed by atoms with E-state index in [0.717, 1.165) is 0 Å². The molecule has 2 rings (SSSR count). The van der Waals surface area contributed by atoms with E-state index in [1.54, 1.807) is 12.1 Å². The van der Waals surface area contributed by atoms with Gasteiger partial charge in [0.1, 0.15) is 5.15 Å². The lowest BCUT2D eigenvalue weighted by atomic mass is 10.1. The number of aromatic nitrogens is 1. The smallest absolute Gasteiger partial charge is 0.163 e. The van der Waals surface area contributed by atoms with Gasteiger partial charge >= 0.3 is 0 Å². The van der Waals surface area contributed by atoms with Crippen LogP contribution in [0.1, 0.15) is 17.3 Å². The standard InChI is InChI=1S/C10H6Cl3NO/c1-4(15)8-9-6(12)2-5(11)3-7(9)14-10(8)13/h2-3,14H,1H3. The molecule has 0 aliphatic carbocycles. The average molecular weight is 263 g/mol. The minimum Gasteiger partial charge on any atom is -0.345 e. The van der Waals surface area contributed by atoms with Gasteiger partial charge in [-0.1, -0.05) is 34.8 Å². The first-order valence-corrected chi connectivity index (χ1v) is 5.31. The van der Waals surface area contributed by atoms with E-state index < -0.39 is 0 Å². The van der Waals surface area contributed by atoms with Crippen molar-refractivity contribution in [1.29, 1.82) is 0 Å². The molecule has 0 saturated heterocycles. The summed E-state index contributed by atoms with van der Waals surface area (Å²) >= 11 is 17.8. The molecule has 2 aromatic rings. The lowest BCUT2D eigenvalue weighted by molar-refractivity contribution is 0.101. The van der Waals surface area contributed by atoms with Crippen LogP contribution in [0.15, 0.2) is 12.1 Å². The molecule has 0 radical (unpaired) electrons. The normalized spacial score (nSPS) is 10.9. The average Bonchev–Trinajstić information content (AvgIpc) is 2.40. The number of hydrogen-bond acceptors (Lipinski definition) is 1. The molecule has 2 nitrogen and oxygen atoms in total. The molecule has 0 aliphatic heterocycles. The van der Waals surface area contributed by atoms with Gasteiger partial charge in [-0.2, -0.15) is 0 Å². The highest BCUT2D eigenvalue weighted by atomic mass is 35.5. The fourth-order valence-corrected chi connectivity index (χ4v) is 2.46. The summed E-state index contributed by atoms with van der Waals surface area (Å²) in [7, 11) is 0. The van der Waals surface area contributed by atoms with E-state index >= 15 is 0 Å². The molecule has 1 aromatic carbocycles. The number of halogens is 3. The Bertz CT molecular complexity index is 559. The van der Waals surface area contributed by atoms with Gasteiger partial charge in [0.05, 0.1) is 16.1 Å².